The van der Waals surface area contributed by atoms with Crippen molar-refractivity contribution in [3.8, 4) is 11.4 Å². The van der Waals surface area contributed by atoms with Gasteiger partial charge in [-0.15, -0.1) is 0 Å². The number of phenols is 1. The number of nitrogens with zero attached hydrogens (tertiary/aromatic N) is 2. The zero-order valence-corrected chi connectivity index (χ0v) is 9.50. The van der Waals surface area contributed by atoms with E-state index in [0.29, 0.717) is 5.92 Å². The Balaban J connectivity index is 1.97. The number of rotatable bonds is 2. The van der Waals surface area contributed by atoms with Crippen LogP contribution in [0.5, 0.6) is 5.75 Å². The van der Waals surface area contributed by atoms with Crippen molar-refractivity contribution in [3.63, 3.8) is 0 Å². The molecule has 2 aromatic rings. The maximum absolute atomic E-state index is 9.30. The van der Waals surface area contributed by atoms with E-state index in [1.165, 1.54) is 5.69 Å². The Morgan fingerprint density at radius 2 is 2.12 bits per heavy atom. The van der Waals surface area contributed by atoms with Crippen LogP contribution in [-0.2, 0) is 0 Å². The summed E-state index contributed by atoms with van der Waals surface area (Å²) in [6.07, 6.45) is 4.92. The van der Waals surface area contributed by atoms with Gasteiger partial charge in [0, 0.05) is 30.0 Å². The first-order chi connectivity index (χ1) is 8.34. The highest BCUT2D eigenvalue weighted by Gasteiger charge is 2.20. The average molecular weight is 229 g/mol. The van der Waals surface area contributed by atoms with Gasteiger partial charge in [-0.3, -0.25) is 0 Å². The number of hydrogen-bond acceptors (Lipinski definition) is 3. The molecule has 1 aliphatic rings. The number of benzene rings is 1. The van der Waals surface area contributed by atoms with Crippen LogP contribution in [0.4, 0.5) is 0 Å². The molecule has 0 saturated carbocycles. The first kappa shape index (κ1) is 10.4. The van der Waals surface area contributed by atoms with E-state index in [1.54, 1.807) is 12.1 Å². The van der Waals surface area contributed by atoms with Crippen molar-refractivity contribution >= 4 is 0 Å². The van der Waals surface area contributed by atoms with E-state index in [0.717, 1.165) is 25.2 Å². The maximum atomic E-state index is 9.30. The number of phenolic OH excluding ortho intramolecular Hbond substituents is 1. The molecule has 1 saturated heterocycles. The molecule has 0 aliphatic carbocycles. The molecule has 1 aromatic heterocycles. The molecule has 2 N–H and O–H groups in total. The van der Waals surface area contributed by atoms with Crippen LogP contribution in [0.25, 0.3) is 5.69 Å². The van der Waals surface area contributed by atoms with Crippen LogP contribution >= 0.6 is 0 Å². The van der Waals surface area contributed by atoms with Gasteiger partial charge in [0.05, 0.1) is 6.33 Å². The summed E-state index contributed by atoms with van der Waals surface area (Å²) in [7, 11) is 0. The predicted molar refractivity (Wildman–Crippen MR) is 65.5 cm³/mol. The highest BCUT2D eigenvalue weighted by atomic mass is 16.3. The lowest BCUT2D eigenvalue weighted by atomic mass is 10.1. The minimum Gasteiger partial charge on any atom is -0.508 e. The maximum Gasteiger partial charge on any atom is 0.115 e. The van der Waals surface area contributed by atoms with Gasteiger partial charge in [-0.25, -0.2) is 4.98 Å². The third-order valence-electron chi connectivity index (χ3n) is 3.27. The molecule has 1 atom stereocenters. The molecule has 88 valence electrons. The lowest BCUT2D eigenvalue weighted by Gasteiger charge is -2.12. The molecule has 1 aromatic carbocycles. The van der Waals surface area contributed by atoms with Crippen molar-refractivity contribution in [1.82, 2.24) is 14.9 Å². The molecule has 1 fully saturated rings. The number of aromatic nitrogens is 2. The molecular weight excluding hydrogens is 214 g/mol. The number of nitrogens with one attached hydrogen (secondary N) is 1. The molecule has 2 heterocycles. The van der Waals surface area contributed by atoms with Crippen LogP contribution in [0.15, 0.2) is 36.8 Å². The zero-order chi connectivity index (χ0) is 11.7. The topological polar surface area (TPSA) is 50.1 Å². The predicted octanol–water partition coefficient (Wildman–Crippen LogP) is 1.65. The van der Waals surface area contributed by atoms with Crippen LogP contribution in [0, 0.1) is 0 Å². The summed E-state index contributed by atoms with van der Waals surface area (Å²) >= 11 is 0. The molecule has 1 aliphatic heterocycles. The Kier molecular flexibility index (Phi) is 2.57. The first-order valence-corrected chi connectivity index (χ1v) is 5.87. The van der Waals surface area contributed by atoms with E-state index in [-0.39, 0.29) is 5.75 Å². The van der Waals surface area contributed by atoms with Crippen LogP contribution in [0.3, 0.4) is 0 Å². The number of imidazole rings is 1. The average Bonchev–Trinajstić information content (AvgIpc) is 3.00. The van der Waals surface area contributed by atoms with E-state index < -0.39 is 0 Å². The van der Waals surface area contributed by atoms with Gasteiger partial charge in [0.15, 0.2) is 0 Å². The summed E-state index contributed by atoms with van der Waals surface area (Å²) in [5, 5.41) is 12.7. The molecule has 0 bridgehead atoms. The normalized spacial score (nSPS) is 19.6. The highest BCUT2D eigenvalue weighted by molar-refractivity contribution is 5.38. The van der Waals surface area contributed by atoms with Crippen LogP contribution in [-0.4, -0.2) is 27.7 Å². The van der Waals surface area contributed by atoms with Gasteiger partial charge in [-0.05, 0) is 37.2 Å². The first-order valence-electron chi connectivity index (χ1n) is 5.87. The fourth-order valence-electron chi connectivity index (χ4n) is 2.34. The van der Waals surface area contributed by atoms with Gasteiger partial charge in [0.1, 0.15) is 5.75 Å². The number of hydrogen-bond donors (Lipinski definition) is 2. The van der Waals surface area contributed by atoms with Crippen molar-refractivity contribution in [2.24, 2.45) is 0 Å². The van der Waals surface area contributed by atoms with E-state index in [9.17, 15) is 5.11 Å². The molecule has 4 nitrogen and oxygen atoms in total. The Morgan fingerprint density at radius 3 is 2.82 bits per heavy atom. The van der Waals surface area contributed by atoms with Crippen molar-refractivity contribution < 1.29 is 5.11 Å². The molecule has 0 radical (unpaired) electrons. The fraction of sp³-hybridized carbons (Fsp3) is 0.308. The van der Waals surface area contributed by atoms with Gasteiger partial charge in [-0.1, -0.05) is 0 Å². The van der Waals surface area contributed by atoms with Gasteiger partial charge in [0.2, 0.25) is 0 Å². The lowest BCUT2D eigenvalue weighted by molar-refractivity contribution is 0.475. The Morgan fingerprint density at radius 1 is 1.29 bits per heavy atom. The quantitative estimate of drug-likeness (QED) is 0.823. The van der Waals surface area contributed by atoms with Gasteiger partial charge in [0.25, 0.3) is 0 Å². The van der Waals surface area contributed by atoms with E-state index in [4.69, 9.17) is 0 Å². The second kappa shape index (κ2) is 4.22. The van der Waals surface area contributed by atoms with Crippen LogP contribution in [0.1, 0.15) is 18.0 Å². The fourth-order valence-corrected chi connectivity index (χ4v) is 2.34. The molecule has 3 rings (SSSR count). The Labute approximate surface area is 99.9 Å². The summed E-state index contributed by atoms with van der Waals surface area (Å²) in [6, 6.07) is 7.21. The van der Waals surface area contributed by atoms with Gasteiger partial charge in [-0.2, -0.15) is 0 Å². The summed E-state index contributed by atoms with van der Waals surface area (Å²) in [4.78, 5) is 4.24. The molecule has 0 spiro atoms. The minimum absolute atomic E-state index is 0.290. The van der Waals surface area contributed by atoms with Crippen LogP contribution in [0.2, 0.25) is 0 Å². The minimum atomic E-state index is 0.290. The van der Waals surface area contributed by atoms with Crippen molar-refractivity contribution in [3.05, 3.63) is 42.5 Å². The molecule has 0 amide bonds. The second-order valence-electron chi connectivity index (χ2n) is 4.39. The largest absolute Gasteiger partial charge is 0.508 e. The van der Waals surface area contributed by atoms with Gasteiger partial charge < -0.3 is 15.0 Å². The van der Waals surface area contributed by atoms with Crippen LogP contribution < -0.4 is 5.32 Å². The summed E-state index contributed by atoms with van der Waals surface area (Å²) < 4.78 is 2.09. The van der Waals surface area contributed by atoms with E-state index in [1.807, 2.05) is 24.7 Å². The monoisotopic (exact) mass is 229 g/mol. The second-order valence-corrected chi connectivity index (χ2v) is 4.39. The summed E-state index contributed by atoms with van der Waals surface area (Å²) in [5.41, 5.74) is 2.28. The highest BCUT2D eigenvalue weighted by Crippen LogP contribution is 2.25. The third kappa shape index (κ3) is 1.91. The van der Waals surface area contributed by atoms with Crippen molar-refractivity contribution in [1.29, 1.82) is 0 Å². The molecular formula is C13H15N3O. The lowest BCUT2D eigenvalue weighted by Crippen LogP contribution is -2.10. The molecule has 17 heavy (non-hydrogen) atoms. The molecule has 1 unspecified atom stereocenters. The Bertz CT molecular complexity index is 498. The Hall–Kier alpha value is -1.81. The zero-order valence-electron chi connectivity index (χ0n) is 9.50. The summed E-state index contributed by atoms with van der Waals surface area (Å²) in [6.45, 7) is 2.09. The van der Waals surface area contributed by atoms with E-state index in [2.05, 4.69) is 14.9 Å². The smallest absolute Gasteiger partial charge is 0.115 e. The summed E-state index contributed by atoms with van der Waals surface area (Å²) in [5.74, 6) is 0.823. The third-order valence-corrected chi connectivity index (χ3v) is 3.27. The van der Waals surface area contributed by atoms with Crippen molar-refractivity contribution in [2.45, 2.75) is 12.3 Å². The SMILES string of the molecule is Oc1ccc(-n2cncc2C2CCNC2)cc1. The van der Waals surface area contributed by atoms with E-state index >= 15 is 0 Å². The standard InChI is InChI=1S/C13H15N3O/c17-12-3-1-11(2-4-12)16-9-15-8-13(16)10-5-6-14-7-10/h1-4,8-10,14,17H,5-7H2. The van der Waals surface area contributed by atoms with Crippen molar-refractivity contribution in [2.75, 3.05) is 13.1 Å². The number of aromatic hydroxyl groups is 1. The van der Waals surface area contributed by atoms with Gasteiger partial charge >= 0.3 is 0 Å². The molecule has 4 heteroatoms.